The number of aromatic nitrogens is 1. The minimum absolute atomic E-state index is 0.0970. The second kappa shape index (κ2) is 6.49. The Balaban J connectivity index is 2.73. The van der Waals surface area contributed by atoms with E-state index in [4.69, 9.17) is 19.9 Å². The number of ether oxygens (including phenoxy) is 3. The van der Waals surface area contributed by atoms with Gasteiger partial charge in [0.25, 0.3) is 5.56 Å². The van der Waals surface area contributed by atoms with E-state index in [1.165, 1.54) is 21.3 Å². The van der Waals surface area contributed by atoms with Crippen molar-refractivity contribution in [2.45, 2.75) is 13.0 Å². The fourth-order valence-corrected chi connectivity index (χ4v) is 2.35. The summed E-state index contributed by atoms with van der Waals surface area (Å²) in [4.78, 5) is 12.5. The zero-order chi connectivity index (χ0) is 15.4. The second-order valence-electron chi connectivity index (χ2n) is 4.56. The predicted molar refractivity (Wildman–Crippen MR) is 81.5 cm³/mol. The number of benzene rings is 1. The van der Waals surface area contributed by atoms with Crippen molar-refractivity contribution in [3.05, 3.63) is 28.7 Å². The summed E-state index contributed by atoms with van der Waals surface area (Å²) in [5, 5.41) is 1.23. The van der Waals surface area contributed by atoms with Crippen molar-refractivity contribution in [2.24, 2.45) is 5.73 Å². The van der Waals surface area contributed by atoms with E-state index in [0.29, 0.717) is 41.1 Å². The van der Waals surface area contributed by atoms with Crippen LogP contribution in [0.1, 0.15) is 6.42 Å². The van der Waals surface area contributed by atoms with E-state index in [1.54, 1.807) is 16.8 Å². The van der Waals surface area contributed by atoms with Crippen molar-refractivity contribution >= 4 is 10.8 Å². The molecule has 0 saturated carbocycles. The van der Waals surface area contributed by atoms with Crippen LogP contribution in [0.4, 0.5) is 0 Å². The largest absolute Gasteiger partial charge is 0.493 e. The molecule has 0 fully saturated rings. The van der Waals surface area contributed by atoms with Gasteiger partial charge in [-0.3, -0.25) is 4.79 Å². The highest BCUT2D eigenvalue weighted by molar-refractivity contribution is 5.92. The second-order valence-corrected chi connectivity index (χ2v) is 4.56. The van der Waals surface area contributed by atoms with Gasteiger partial charge in [0.05, 0.1) is 26.7 Å². The van der Waals surface area contributed by atoms with E-state index >= 15 is 0 Å². The molecule has 0 atom stereocenters. The van der Waals surface area contributed by atoms with Crippen LogP contribution >= 0.6 is 0 Å². The molecule has 0 aliphatic heterocycles. The zero-order valence-electron chi connectivity index (χ0n) is 12.5. The Morgan fingerprint density at radius 2 is 1.81 bits per heavy atom. The molecule has 2 rings (SSSR count). The number of fused-ring (bicyclic) bond motifs is 1. The summed E-state index contributed by atoms with van der Waals surface area (Å²) in [6.45, 7) is 1.13. The molecule has 114 valence electrons. The van der Waals surface area contributed by atoms with E-state index < -0.39 is 0 Å². The van der Waals surface area contributed by atoms with Gasteiger partial charge in [-0.25, -0.2) is 0 Å². The SMILES string of the molecule is COc1cc2c(=O)n(CCCN)ccc2c(OC)c1OC. The van der Waals surface area contributed by atoms with Gasteiger partial charge in [0.1, 0.15) is 0 Å². The van der Waals surface area contributed by atoms with Gasteiger partial charge in [0, 0.05) is 18.1 Å². The number of nitrogens with zero attached hydrogens (tertiary/aromatic N) is 1. The van der Waals surface area contributed by atoms with Crippen molar-refractivity contribution in [2.75, 3.05) is 27.9 Å². The highest BCUT2D eigenvalue weighted by atomic mass is 16.5. The van der Waals surface area contributed by atoms with E-state index in [1.807, 2.05) is 6.07 Å². The van der Waals surface area contributed by atoms with Gasteiger partial charge in [0.2, 0.25) is 5.75 Å². The highest BCUT2D eigenvalue weighted by Crippen LogP contribution is 2.42. The van der Waals surface area contributed by atoms with Crippen LogP contribution in [0.5, 0.6) is 17.2 Å². The van der Waals surface area contributed by atoms with Crippen LogP contribution in [-0.4, -0.2) is 32.4 Å². The molecule has 0 amide bonds. The Labute approximate surface area is 123 Å². The van der Waals surface area contributed by atoms with Gasteiger partial charge < -0.3 is 24.5 Å². The Morgan fingerprint density at radius 1 is 1.10 bits per heavy atom. The maximum atomic E-state index is 12.5. The van der Waals surface area contributed by atoms with E-state index in [0.717, 1.165) is 6.42 Å². The lowest BCUT2D eigenvalue weighted by Gasteiger charge is -2.15. The molecule has 0 aliphatic rings. The van der Waals surface area contributed by atoms with Gasteiger partial charge in [-0.2, -0.15) is 0 Å². The standard InChI is InChI=1S/C15H20N2O4/c1-19-12-9-11-10(13(20-2)14(12)21-3)5-8-17(15(11)18)7-4-6-16/h5,8-9H,4,6-7,16H2,1-3H3. The van der Waals surface area contributed by atoms with Crippen molar-refractivity contribution in [1.82, 2.24) is 4.57 Å². The number of aryl methyl sites for hydroxylation is 1. The van der Waals surface area contributed by atoms with Crippen molar-refractivity contribution in [3.8, 4) is 17.2 Å². The molecule has 0 unspecified atom stereocenters. The summed E-state index contributed by atoms with van der Waals surface area (Å²) in [5.74, 6) is 1.44. The van der Waals surface area contributed by atoms with E-state index in [2.05, 4.69) is 0 Å². The Morgan fingerprint density at radius 3 is 2.38 bits per heavy atom. The van der Waals surface area contributed by atoms with Gasteiger partial charge in [-0.1, -0.05) is 0 Å². The lowest BCUT2D eigenvalue weighted by Crippen LogP contribution is -2.21. The maximum absolute atomic E-state index is 12.5. The van der Waals surface area contributed by atoms with Crippen LogP contribution in [0.2, 0.25) is 0 Å². The van der Waals surface area contributed by atoms with Crippen LogP contribution < -0.4 is 25.5 Å². The predicted octanol–water partition coefficient (Wildman–Crippen LogP) is 1.38. The first-order valence-electron chi connectivity index (χ1n) is 6.70. The molecular weight excluding hydrogens is 272 g/mol. The van der Waals surface area contributed by atoms with E-state index in [-0.39, 0.29) is 5.56 Å². The van der Waals surface area contributed by atoms with E-state index in [9.17, 15) is 4.79 Å². The van der Waals surface area contributed by atoms with Crippen molar-refractivity contribution < 1.29 is 14.2 Å². The van der Waals surface area contributed by atoms with Crippen LogP contribution in [0, 0.1) is 0 Å². The molecule has 1 aromatic heterocycles. The molecule has 6 nitrogen and oxygen atoms in total. The van der Waals surface area contributed by atoms with Crippen LogP contribution in [-0.2, 0) is 6.54 Å². The third-order valence-corrected chi connectivity index (χ3v) is 3.38. The number of hydrogen-bond donors (Lipinski definition) is 1. The molecule has 0 saturated heterocycles. The first-order chi connectivity index (χ1) is 10.2. The van der Waals surface area contributed by atoms with Gasteiger partial charge in [-0.05, 0) is 25.1 Å². The van der Waals surface area contributed by atoms with Crippen LogP contribution in [0.3, 0.4) is 0 Å². The fraction of sp³-hybridized carbons (Fsp3) is 0.400. The first kappa shape index (κ1) is 15.2. The Kier molecular flexibility index (Phi) is 4.70. The quantitative estimate of drug-likeness (QED) is 0.870. The molecule has 1 aromatic carbocycles. The lowest BCUT2D eigenvalue weighted by atomic mass is 10.1. The van der Waals surface area contributed by atoms with Crippen LogP contribution in [0.25, 0.3) is 10.8 Å². The molecule has 2 N–H and O–H groups in total. The summed E-state index contributed by atoms with van der Waals surface area (Å²) in [6, 6.07) is 3.52. The maximum Gasteiger partial charge on any atom is 0.258 e. The minimum Gasteiger partial charge on any atom is -0.493 e. The number of pyridine rings is 1. The number of nitrogens with two attached hydrogens (primary N) is 1. The van der Waals surface area contributed by atoms with Gasteiger partial charge in [0.15, 0.2) is 11.5 Å². The number of methoxy groups -OCH3 is 3. The highest BCUT2D eigenvalue weighted by Gasteiger charge is 2.18. The fourth-order valence-electron chi connectivity index (χ4n) is 2.35. The monoisotopic (exact) mass is 292 g/mol. The third-order valence-electron chi connectivity index (χ3n) is 3.38. The van der Waals surface area contributed by atoms with Crippen molar-refractivity contribution in [1.29, 1.82) is 0 Å². The summed E-state index contributed by atoms with van der Waals surface area (Å²) >= 11 is 0. The summed E-state index contributed by atoms with van der Waals surface area (Å²) in [7, 11) is 4.60. The van der Waals surface area contributed by atoms with Gasteiger partial charge >= 0.3 is 0 Å². The molecule has 2 aromatic rings. The summed E-state index contributed by atoms with van der Waals surface area (Å²) in [6.07, 6.45) is 2.49. The molecule has 6 heteroatoms. The average Bonchev–Trinajstić information content (AvgIpc) is 2.52. The Hall–Kier alpha value is -2.21. The van der Waals surface area contributed by atoms with Crippen LogP contribution in [0.15, 0.2) is 23.1 Å². The topological polar surface area (TPSA) is 75.7 Å². The molecule has 1 heterocycles. The minimum atomic E-state index is -0.0970. The number of hydrogen-bond acceptors (Lipinski definition) is 5. The average molecular weight is 292 g/mol. The first-order valence-corrected chi connectivity index (χ1v) is 6.70. The molecule has 0 bridgehead atoms. The smallest absolute Gasteiger partial charge is 0.258 e. The lowest BCUT2D eigenvalue weighted by molar-refractivity contribution is 0.327. The molecule has 0 aliphatic carbocycles. The molecule has 21 heavy (non-hydrogen) atoms. The zero-order valence-corrected chi connectivity index (χ0v) is 12.5. The number of rotatable bonds is 6. The molecule has 0 spiro atoms. The summed E-state index contributed by atoms with van der Waals surface area (Å²) < 4.78 is 17.6. The molecular formula is C15H20N2O4. The normalized spacial score (nSPS) is 10.7. The molecule has 0 radical (unpaired) electrons. The van der Waals surface area contributed by atoms with Crippen molar-refractivity contribution in [3.63, 3.8) is 0 Å². The summed E-state index contributed by atoms with van der Waals surface area (Å²) in [5.41, 5.74) is 5.40. The Bertz CT molecular complexity index is 694. The van der Waals surface area contributed by atoms with Gasteiger partial charge in [-0.15, -0.1) is 0 Å². The third kappa shape index (κ3) is 2.67.